The van der Waals surface area contributed by atoms with Gasteiger partial charge in [0.05, 0.1) is 0 Å². The van der Waals surface area contributed by atoms with Crippen molar-refractivity contribution in [3.05, 3.63) is 24.3 Å². The minimum atomic E-state index is -0.258. The van der Waals surface area contributed by atoms with E-state index in [1.807, 2.05) is 38.2 Å². The number of hydrogen-bond donors (Lipinski definition) is 0. The van der Waals surface area contributed by atoms with Gasteiger partial charge >= 0.3 is 5.97 Å². The maximum absolute atomic E-state index is 10.5. The van der Waals surface area contributed by atoms with Crippen molar-refractivity contribution in [1.82, 2.24) is 0 Å². The maximum Gasteiger partial charge on any atom is 0.303 e. The van der Waals surface area contributed by atoms with Crippen LogP contribution in [0.4, 0.5) is 0 Å². The zero-order valence-electron chi connectivity index (χ0n) is 7.20. The first kappa shape index (κ1) is 9.95. The van der Waals surface area contributed by atoms with Crippen molar-refractivity contribution in [3.63, 3.8) is 0 Å². The SMILES string of the molecule is C/C=C\C(/C=C\C)OC(C)=O. The van der Waals surface area contributed by atoms with Crippen LogP contribution < -0.4 is 0 Å². The third kappa shape index (κ3) is 5.40. The molecule has 0 bridgehead atoms. The molecule has 0 spiro atoms. The normalized spacial score (nSPS) is 11.6. The van der Waals surface area contributed by atoms with E-state index in [-0.39, 0.29) is 12.1 Å². The topological polar surface area (TPSA) is 26.3 Å². The molecule has 0 aliphatic carbocycles. The molecule has 0 unspecified atom stereocenters. The second-order valence-corrected chi connectivity index (χ2v) is 2.13. The molecule has 2 nitrogen and oxygen atoms in total. The van der Waals surface area contributed by atoms with Crippen LogP contribution in [0.25, 0.3) is 0 Å². The molecule has 0 aromatic rings. The van der Waals surface area contributed by atoms with Crippen molar-refractivity contribution in [2.75, 3.05) is 0 Å². The Kier molecular flexibility index (Phi) is 5.17. The molecule has 0 fully saturated rings. The smallest absolute Gasteiger partial charge is 0.303 e. The highest BCUT2D eigenvalue weighted by Gasteiger charge is 2.00. The summed E-state index contributed by atoms with van der Waals surface area (Å²) in [6.45, 7) is 5.18. The first-order valence-corrected chi connectivity index (χ1v) is 3.63. The number of allylic oxidation sites excluding steroid dienone is 2. The van der Waals surface area contributed by atoms with Crippen LogP contribution in [0, 0.1) is 0 Å². The molecule has 0 aliphatic heterocycles. The number of ether oxygens (including phenoxy) is 1. The first-order chi connectivity index (χ1) is 5.20. The Morgan fingerprint density at radius 3 is 2.00 bits per heavy atom. The molecule has 0 amide bonds. The summed E-state index contributed by atoms with van der Waals surface area (Å²) >= 11 is 0. The van der Waals surface area contributed by atoms with Gasteiger partial charge in [-0.1, -0.05) is 12.2 Å². The Balaban J connectivity index is 3.99. The van der Waals surface area contributed by atoms with Gasteiger partial charge in [0.15, 0.2) is 0 Å². The fourth-order valence-corrected chi connectivity index (χ4v) is 0.714. The molecule has 0 aliphatic rings. The summed E-state index contributed by atoms with van der Waals surface area (Å²) in [4.78, 5) is 10.5. The predicted molar refractivity (Wildman–Crippen MR) is 45.2 cm³/mol. The van der Waals surface area contributed by atoms with E-state index in [2.05, 4.69) is 0 Å². The maximum atomic E-state index is 10.5. The van der Waals surface area contributed by atoms with E-state index in [1.54, 1.807) is 0 Å². The van der Waals surface area contributed by atoms with Crippen LogP contribution in [0.5, 0.6) is 0 Å². The highest BCUT2D eigenvalue weighted by Crippen LogP contribution is 1.97. The average molecular weight is 154 g/mol. The van der Waals surface area contributed by atoms with Crippen LogP contribution in [-0.4, -0.2) is 12.1 Å². The Bertz CT molecular complexity index is 156. The summed E-state index contributed by atoms with van der Waals surface area (Å²) in [5, 5.41) is 0. The standard InChI is InChI=1S/C9H14O2/c1-4-6-9(7-5-2)11-8(3)10/h4-7,9H,1-3H3/b6-4-,7-5-. The van der Waals surface area contributed by atoms with E-state index >= 15 is 0 Å². The fourth-order valence-electron chi connectivity index (χ4n) is 0.714. The average Bonchev–Trinajstić information content (AvgIpc) is 1.87. The van der Waals surface area contributed by atoms with Crippen molar-refractivity contribution >= 4 is 5.97 Å². The second kappa shape index (κ2) is 5.71. The van der Waals surface area contributed by atoms with Gasteiger partial charge in [-0.15, -0.1) is 0 Å². The monoisotopic (exact) mass is 154 g/mol. The van der Waals surface area contributed by atoms with Crippen LogP contribution in [0.2, 0.25) is 0 Å². The van der Waals surface area contributed by atoms with Gasteiger partial charge in [0, 0.05) is 6.92 Å². The van der Waals surface area contributed by atoms with Crippen molar-refractivity contribution in [1.29, 1.82) is 0 Å². The quantitative estimate of drug-likeness (QED) is 0.459. The minimum absolute atomic E-state index is 0.206. The van der Waals surface area contributed by atoms with Gasteiger partial charge in [0.2, 0.25) is 0 Å². The van der Waals surface area contributed by atoms with Gasteiger partial charge in [0.25, 0.3) is 0 Å². The van der Waals surface area contributed by atoms with E-state index in [9.17, 15) is 4.79 Å². The van der Waals surface area contributed by atoms with E-state index in [0.717, 1.165) is 0 Å². The number of esters is 1. The van der Waals surface area contributed by atoms with Gasteiger partial charge in [-0.25, -0.2) is 0 Å². The minimum Gasteiger partial charge on any atom is -0.454 e. The summed E-state index contributed by atoms with van der Waals surface area (Å²) in [7, 11) is 0. The van der Waals surface area contributed by atoms with Crippen molar-refractivity contribution in [3.8, 4) is 0 Å². The highest BCUT2D eigenvalue weighted by molar-refractivity contribution is 5.66. The van der Waals surface area contributed by atoms with Crippen molar-refractivity contribution in [2.24, 2.45) is 0 Å². The van der Waals surface area contributed by atoms with Crippen LogP contribution in [0.1, 0.15) is 20.8 Å². The summed E-state index contributed by atoms with van der Waals surface area (Å²) in [6, 6.07) is 0. The number of carbonyl (C=O) groups is 1. The third-order valence-corrected chi connectivity index (χ3v) is 1.07. The zero-order chi connectivity index (χ0) is 8.69. The molecule has 0 atom stereocenters. The molecule has 0 radical (unpaired) electrons. The van der Waals surface area contributed by atoms with Crippen LogP contribution in [-0.2, 0) is 9.53 Å². The Labute approximate surface area is 67.6 Å². The molecular weight excluding hydrogens is 140 g/mol. The van der Waals surface area contributed by atoms with Gasteiger partial charge in [-0.2, -0.15) is 0 Å². The van der Waals surface area contributed by atoms with Crippen molar-refractivity contribution in [2.45, 2.75) is 26.9 Å². The lowest BCUT2D eigenvalue weighted by atomic mass is 10.3. The molecule has 0 rings (SSSR count). The van der Waals surface area contributed by atoms with Crippen LogP contribution >= 0.6 is 0 Å². The van der Waals surface area contributed by atoms with E-state index in [4.69, 9.17) is 4.74 Å². The Morgan fingerprint density at radius 1 is 1.27 bits per heavy atom. The number of hydrogen-bond acceptors (Lipinski definition) is 2. The molecule has 0 saturated carbocycles. The lowest BCUT2D eigenvalue weighted by molar-refractivity contribution is -0.142. The lowest BCUT2D eigenvalue weighted by Crippen LogP contribution is -2.10. The Morgan fingerprint density at radius 2 is 1.73 bits per heavy atom. The number of carbonyl (C=O) groups excluding carboxylic acids is 1. The van der Waals surface area contributed by atoms with Gasteiger partial charge in [-0.05, 0) is 26.0 Å². The van der Waals surface area contributed by atoms with Crippen LogP contribution in [0.15, 0.2) is 24.3 Å². The lowest BCUT2D eigenvalue weighted by Gasteiger charge is -2.06. The van der Waals surface area contributed by atoms with E-state index in [1.165, 1.54) is 6.92 Å². The zero-order valence-corrected chi connectivity index (χ0v) is 7.20. The second-order valence-electron chi connectivity index (χ2n) is 2.13. The molecule has 62 valence electrons. The largest absolute Gasteiger partial charge is 0.454 e. The molecular formula is C9H14O2. The first-order valence-electron chi connectivity index (χ1n) is 3.63. The van der Waals surface area contributed by atoms with Crippen molar-refractivity contribution < 1.29 is 9.53 Å². The Hall–Kier alpha value is -1.05. The van der Waals surface area contributed by atoms with E-state index in [0.29, 0.717) is 0 Å². The van der Waals surface area contributed by atoms with E-state index < -0.39 is 0 Å². The summed E-state index contributed by atoms with van der Waals surface area (Å²) in [5.74, 6) is -0.258. The molecule has 0 heterocycles. The molecule has 0 aromatic carbocycles. The highest BCUT2D eigenvalue weighted by atomic mass is 16.5. The van der Waals surface area contributed by atoms with Crippen LogP contribution in [0.3, 0.4) is 0 Å². The van der Waals surface area contributed by atoms with Gasteiger partial charge < -0.3 is 4.74 Å². The summed E-state index contributed by atoms with van der Waals surface area (Å²) < 4.78 is 4.92. The molecule has 11 heavy (non-hydrogen) atoms. The predicted octanol–water partition coefficient (Wildman–Crippen LogP) is 2.07. The van der Waals surface area contributed by atoms with Gasteiger partial charge in [-0.3, -0.25) is 4.79 Å². The molecule has 0 aromatic heterocycles. The third-order valence-electron chi connectivity index (χ3n) is 1.07. The molecule has 0 N–H and O–H groups in total. The number of rotatable bonds is 3. The molecule has 2 heteroatoms. The summed E-state index contributed by atoms with van der Waals surface area (Å²) in [6.07, 6.45) is 7.15. The van der Waals surface area contributed by atoms with Gasteiger partial charge in [0.1, 0.15) is 6.10 Å². The summed E-state index contributed by atoms with van der Waals surface area (Å²) in [5.41, 5.74) is 0. The molecule has 0 saturated heterocycles. The fraction of sp³-hybridized carbons (Fsp3) is 0.444.